The molecular formula is C13H20O3. The molecule has 1 rings (SSSR count). The van der Waals surface area contributed by atoms with Crippen molar-refractivity contribution in [2.45, 2.75) is 27.2 Å². The average molecular weight is 224 g/mol. The first-order chi connectivity index (χ1) is 7.65. The number of ether oxygens (including phenoxy) is 1. The van der Waals surface area contributed by atoms with Gasteiger partial charge in [-0.15, -0.1) is 0 Å². The number of carbonyl (C=O) groups excluding carboxylic acids is 1. The first-order valence-corrected chi connectivity index (χ1v) is 5.50. The molecule has 0 unspecified atom stereocenters. The molecular weight excluding hydrogens is 204 g/mol. The van der Waals surface area contributed by atoms with E-state index in [1.165, 1.54) is 13.3 Å². The predicted octanol–water partition coefficient (Wildman–Crippen LogP) is 2.68. The molecule has 0 atom stereocenters. The highest BCUT2D eigenvalue weighted by Gasteiger charge is 1.98. The number of rotatable bonds is 4. The summed E-state index contributed by atoms with van der Waals surface area (Å²) in [5.74, 6) is 0.702. The van der Waals surface area contributed by atoms with Gasteiger partial charge in [0.05, 0.1) is 6.61 Å². The second-order valence-corrected chi connectivity index (χ2v) is 3.36. The van der Waals surface area contributed by atoms with E-state index in [4.69, 9.17) is 9.84 Å². The number of benzene rings is 1. The molecule has 16 heavy (non-hydrogen) atoms. The van der Waals surface area contributed by atoms with E-state index >= 15 is 0 Å². The maximum atomic E-state index is 10.9. The van der Waals surface area contributed by atoms with Crippen molar-refractivity contribution in [3.05, 3.63) is 29.8 Å². The third-order valence-electron chi connectivity index (χ3n) is 1.62. The Morgan fingerprint density at radius 3 is 2.12 bits per heavy atom. The summed E-state index contributed by atoms with van der Waals surface area (Å²) >= 11 is 0. The van der Waals surface area contributed by atoms with Crippen LogP contribution in [0.2, 0.25) is 0 Å². The number of Topliss-reactive ketones (excluding diaryl/α,β-unsaturated/α-hetero) is 1. The average Bonchev–Trinajstić information content (AvgIpc) is 2.28. The highest BCUT2D eigenvalue weighted by atomic mass is 16.5. The van der Waals surface area contributed by atoms with Crippen LogP contribution in [0.25, 0.3) is 0 Å². The van der Waals surface area contributed by atoms with Gasteiger partial charge in [-0.2, -0.15) is 0 Å². The van der Waals surface area contributed by atoms with Crippen LogP contribution in [0.15, 0.2) is 24.3 Å². The van der Waals surface area contributed by atoms with Crippen LogP contribution in [-0.2, 0) is 0 Å². The van der Waals surface area contributed by atoms with Crippen LogP contribution in [0, 0.1) is 0 Å². The largest absolute Gasteiger partial charge is 0.491 e. The molecule has 90 valence electrons. The highest BCUT2D eigenvalue weighted by molar-refractivity contribution is 5.94. The van der Waals surface area contributed by atoms with Crippen LogP contribution in [-0.4, -0.2) is 24.1 Å². The molecule has 0 heterocycles. The summed E-state index contributed by atoms with van der Waals surface area (Å²) in [5.41, 5.74) is 0.663. The molecule has 0 aliphatic carbocycles. The zero-order valence-electron chi connectivity index (χ0n) is 10.2. The Morgan fingerprint density at radius 1 is 1.25 bits per heavy atom. The fourth-order valence-corrected chi connectivity index (χ4v) is 0.949. The molecule has 0 saturated carbocycles. The fraction of sp³-hybridized carbons (Fsp3) is 0.462. The second-order valence-electron chi connectivity index (χ2n) is 3.36. The lowest BCUT2D eigenvalue weighted by Crippen LogP contribution is -2.01. The van der Waals surface area contributed by atoms with Crippen molar-refractivity contribution >= 4 is 5.78 Å². The normalized spacial score (nSPS) is 9.00. The van der Waals surface area contributed by atoms with Gasteiger partial charge in [0.1, 0.15) is 12.4 Å². The molecule has 0 aliphatic heterocycles. The summed E-state index contributed by atoms with van der Waals surface area (Å²) in [6.45, 7) is 6.04. The molecule has 0 spiro atoms. The van der Waals surface area contributed by atoms with Crippen molar-refractivity contribution < 1.29 is 14.6 Å². The predicted molar refractivity (Wildman–Crippen MR) is 65.0 cm³/mol. The topological polar surface area (TPSA) is 46.5 Å². The van der Waals surface area contributed by atoms with Crippen molar-refractivity contribution in [3.63, 3.8) is 0 Å². The molecule has 0 aliphatic rings. The highest BCUT2D eigenvalue weighted by Crippen LogP contribution is 2.12. The number of carbonyl (C=O) groups is 1. The van der Waals surface area contributed by atoms with Crippen molar-refractivity contribution in [2.24, 2.45) is 0 Å². The number of ketones is 1. The lowest BCUT2D eigenvalue weighted by Gasteiger charge is -2.03. The smallest absolute Gasteiger partial charge is 0.159 e. The lowest BCUT2D eigenvalue weighted by atomic mass is 10.1. The summed E-state index contributed by atoms with van der Waals surface area (Å²) in [4.78, 5) is 10.9. The third kappa shape index (κ3) is 6.19. The zero-order chi connectivity index (χ0) is 12.4. The summed E-state index contributed by atoms with van der Waals surface area (Å²) in [6.07, 6.45) is 1.25. The van der Waals surface area contributed by atoms with Crippen LogP contribution < -0.4 is 4.74 Å². The van der Waals surface area contributed by atoms with E-state index in [0.717, 1.165) is 0 Å². The van der Waals surface area contributed by atoms with Gasteiger partial charge in [-0.3, -0.25) is 4.79 Å². The number of hydrogen-bond donors (Lipinski definition) is 1. The standard InChI is InChI=1S/C10H12O3.C3H8/c1-8(12)9-2-4-10(5-3-9)13-7-6-11;1-3-2/h2-5,11H,6-7H2,1H3;3H2,1-2H3. The number of aliphatic hydroxyl groups is 1. The van der Waals surface area contributed by atoms with Gasteiger partial charge in [0.2, 0.25) is 0 Å². The minimum Gasteiger partial charge on any atom is -0.491 e. The second kappa shape index (κ2) is 8.92. The summed E-state index contributed by atoms with van der Waals surface area (Å²) in [7, 11) is 0. The Kier molecular flexibility index (Phi) is 8.17. The van der Waals surface area contributed by atoms with Crippen LogP contribution in [0.1, 0.15) is 37.6 Å². The van der Waals surface area contributed by atoms with Crippen molar-refractivity contribution in [2.75, 3.05) is 13.2 Å². The van der Waals surface area contributed by atoms with Crippen LogP contribution in [0.4, 0.5) is 0 Å². The molecule has 1 N–H and O–H groups in total. The van der Waals surface area contributed by atoms with Gasteiger partial charge in [0, 0.05) is 5.56 Å². The number of hydrogen-bond acceptors (Lipinski definition) is 3. The Bertz CT molecular complexity index is 291. The van der Waals surface area contributed by atoms with Crippen LogP contribution >= 0.6 is 0 Å². The number of aliphatic hydroxyl groups excluding tert-OH is 1. The van der Waals surface area contributed by atoms with Gasteiger partial charge >= 0.3 is 0 Å². The molecule has 0 saturated heterocycles. The van der Waals surface area contributed by atoms with Crippen molar-refractivity contribution in [1.29, 1.82) is 0 Å². The Labute approximate surface area is 97.1 Å². The van der Waals surface area contributed by atoms with Gasteiger partial charge in [-0.1, -0.05) is 20.3 Å². The Balaban J connectivity index is 0.000000673. The third-order valence-corrected chi connectivity index (χ3v) is 1.62. The molecule has 1 aromatic rings. The first kappa shape index (κ1) is 14.6. The summed E-state index contributed by atoms with van der Waals surface area (Å²) in [5, 5.41) is 8.49. The SMILES string of the molecule is CC(=O)c1ccc(OCCO)cc1.CCC. The van der Waals surface area contributed by atoms with Gasteiger partial charge in [0.15, 0.2) is 5.78 Å². The maximum absolute atomic E-state index is 10.9. The van der Waals surface area contributed by atoms with Gasteiger partial charge < -0.3 is 9.84 Å². The quantitative estimate of drug-likeness (QED) is 0.800. The van der Waals surface area contributed by atoms with Crippen molar-refractivity contribution in [3.8, 4) is 5.75 Å². The van der Waals surface area contributed by atoms with E-state index in [2.05, 4.69) is 13.8 Å². The van der Waals surface area contributed by atoms with Gasteiger partial charge in [-0.05, 0) is 31.2 Å². The van der Waals surface area contributed by atoms with Crippen molar-refractivity contribution in [1.82, 2.24) is 0 Å². The van der Waals surface area contributed by atoms with E-state index in [1.807, 2.05) is 0 Å². The monoisotopic (exact) mass is 224 g/mol. The lowest BCUT2D eigenvalue weighted by molar-refractivity contribution is 0.101. The zero-order valence-corrected chi connectivity index (χ0v) is 10.2. The molecule has 0 aromatic heterocycles. The van der Waals surface area contributed by atoms with E-state index in [9.17, 15) is 4.79 Å². The molecule has 3 heteroatoms. The molecule has 0 fully saturated rings. The van der Waals surface area contributed by atoms with E-state index in [-0.39, 0.29) is 19.0 Å². The summed E-state index contributed by atoms with van der Waals surface area (Å²) < 4.78 is 5.13. The van der Waals surface area contributed by atoms with Crippen LogP contribution in [0.3, 0.4) is 0 Å². The summed E-state index contributed by atoms with van der Waals surface area (Å²) in [6, 6.07) is 6.84. The first-order valence-electron chi connectivity index (χ1n) is 5.50. The molecule has 3 nitrogen and oxygen atoms in total. The van der Waals surface area contributed by atoms with E-state index < -0.39 is 0 Å². The fourth-order valence-electron chi connectivity index (χ4n) is 0.949. The van der Waals surface area contributed by atoms with E-state index in [0.29, 0.717) is 11.3 Å². The molecule has 1 aromatic carbocycles. The minimum atomic E-state index is -0.00550. The maximum Gasteiger partial charge on any atom is 0.159 e. The van der Waals surface area contributed by atoms with E-state index in [1.54, 1.807) is 24.3 Å². The molecule has 0 amide bonds. The molecule has 0 bridgehead atoms. The minimum absolute atomic E-state index is 0.00550. The molecule has 0 radical (unpaired) electrons. The van der Waals surface area contributed by atoms with Crippen LogP contribution in [0.5, 0.6) is 5.75 Å². The Morgan fingerprint density at radius 2 is 1.75 bits per heavy atom. The Hall–Kier alpha value is -1.35. The van der Waals surface area contributed by atoms with Gasteiger partial charge in [-0.25, -0.2) is 0 Å². The van der Waals surface area contributed by atoms with Gasteiger partial charge in [0.25, 0.3) is 0 Å².